The maximum Gasteiger partial charge on any atom is 0.159 e. The lowest BCUT2D eigenvalue weighted by molar-refractivity contribution is 0.669. The van der Waals surface area contributed by atoms with E-state index in [9.17, 15) is 0 Å². The van der Waals surface area contributed by atoms with Gasteiger partial charge in [-0.1, -0.05) is 182 Å². The van der Waals surface area contributed by atoms with Crippen LogP contribution in [-0.2, 0) is 0 Å². The van der Waals surface area contributed by atoms with Gasteiger partial charge in [0.25, 0.3) is 0 Å². The molecule has 1 aromatic heterocycles. The van der Waals surface area contributed by atoms with E-state index in [1.807, 2.05) is 6.07 Å². The molecule has 0 unspecified atom stereocenters. The highest BCUT2D eigenvalue weighted by Crippen LogP contribution is 2.47. The molecule has 0 saturated carbocycles. The summed E-state index contributed by atoms with van der Waals surface area (Å²) >= 11 is 0. The first-order valence-electron chi connectivity index (χ1n) is 19.1. The Kier molecular flexibility index (Phi) is 8.55. The fourth-order valence-electron chi connectivity index (χ4n) is 7.96. The van der Waals surface area contributed by atoms with Gasteiger partial charge in [0.05, 0.1) is 11.4 Å². The highest BCUT2D eigenvalue weighted by molar-refractivity contribution is 6.11. The highest BCUT2D eigenvalue weighted by atomic mass is 16.3. The Morgan fingerprint density at radius 2 is 0.786 bits per heavy atom. The summed E-state index contributed by atoms with van der Waals surface area (Å²) < 4.78 is 6.72. The van der Waals surface area contributed by atoms with Gasteiger partial charge >= 0.3 is 0 Å². The first-order chi connectivity index (χ1) is 27.8. The Bertz CT molecular complexity index is 2930. The quantitative estimate of drug-likeness (QED) is 0.156. The van der Waals surface area contributed by atoms with Crippen LogP contribution in [0.2, 0.25) is 0 Å². The summed E-state index contributed by atoms with van der Waals surface area (Å²) in [7, 11) is 0. The number of anilines is 3. The topological polar surface area (TPSA) is 16.4 Å². The molecular formula is C54H37NO. The maximum atomic E-state index is 6.72. The second-order valence-electron chi connectivity index (χ2n) is 14.1. The normalized spacial score (nSPS) is 11.2. The third-order valence-electron chi connectivity index (χ3n) is 10.7. The molecule has 10 rings (SSSR count). The van der Waals surface area contributed by atoms with Gasteiger partial charge in [0, 0.05) is 22.0 Å². The zero-order valence-corrected chi connectivity index (χ0v) is 30.7. The number of rotatable bonds is 8. The summed E-state index contributed by atoms with van der Waals surface area (Å²) in [6.07, 6.45) is 0. The fourth-order valence-corrected chi connectivity index (χ4v) is 7.96. The molecule has 0 amide bonds. The largest absolute Gasteiger partial charge is 0.454 e. The molecule has 0 saturated heterocycles. The average Bonchev–Trinajstić information content (AvgIpc) is 3.67. The van der Waals surface area contributed by atoms with E-state index < -0.39 is 0 Å². The predicted molar refractivity (Wildman–Crippen MR) is 236 cm³/mol. The number of furan rings is 1. The van der Waals surface area contributed by atoms with Crippen LogP contribution in [0.4, 0.5) is 17.1 Å². The van der Waals surface area contributed by atoms with Crippen LogP contribution in [0.25, 0.3) is 77.6 Å². The van der Waals surface area contributed by atoms with Crippen molar-refractivity contribution < 1.29 is 4.42 Å². The molecule has 0 radical (unpaired) electrons. The molecule has 0 bridgehead atoms. The maximum absolute atomic E-state index is 6.72. The number of fused-ring (bicyclic) bond motifs is 3. The van der Waals surface area contributed by atoms with Crippen molar-refractivity contribution in [3.63, 3.8) is 0 Å². The molecule has 0 aliphatic heterocycles. The van der Waals surface area contributed by atoms with Crippen LogP contribution in [0.5, 0.6) is 0 Å². The zero-order chi connectivity index (χ0) is 37.3. The Morgan fingerprint density at radius 3 is 1.46 bits per heavy atom. The lowest BCUT2D eigenvalue weighted by atomic mass is 9.89. The monoisotopic (exact) mass is 715 g/mol. The summed E-state index contributed by atoms with van der Waals surface area (Å²) in [5.74, 6) is 0. The van der Waals surface area contributed by atoms with E-state index in [0.29, 0.717) is 0 Å². The smallest absolute Gasteiger partial charge is 0.159 e. The SMILES string of the molecule is c1ccc(-c2ccc(N(c3ccc(-c4cc(-c5ccccc5)ccc4-c4ccccc4)cc3-c3ccccc3)c3cccc4c3oc3ccccc34)cc2)cc1. The summed E-state index contributed by atoms with van der Waals surface area (Å²) in [5.41, 5.74) is 16.5. The van der Waals surface area contributed by atoms with E-state index in [0.717, 1.165) is 55.7 Å². The lowest BCUT2D eigenvalue weighted by Crippen LogP contribution is -2.11. The Morgan fingerprint density at radius 1 is 0.286 bits per heavy atom. The van der Waals surface area contributed by atoms with Crippen molar-refractivity contribution in [2.75, 3.05) is 4.90 Å². The minimum Gasteiger partial charge on any atom is -0.454 e. The number of benzene rings is 9. The molecular weight excluding hydrogens is 679 g/mol. The number of para-hydroxylation sites is 2. The van der Waals surface area contributed by atoms with Gasteiger partial charge in [-0.05, 0) is 92.5 Å². The van der Waals surface area contributed by atoms with Crippen molar-refractivity contribution in [1.82, 2.24) is 0 Å². The van der Waals surface area contributed by atoms with E-state index in [1.165, 1.54) is 38.9 Å². The predicted octanol–water partition coefficient (Wildman–Crippen LogP) is 15.4. The summed E-state index contributed by atoms with van der Waals surface area (Å²) in [4.78, 5) is 2.37. The summed E-state index contributed by atoms with van der Waals surface area (Å²) in [5, 5.41) is 2.20. The third-order valence-corrected chi connectivity index (χ3v) is 10.7. The van der Waals surface area contributed by atoms with Crippen molar-refractivity contribution >= 4 is 39.0 Å². The van der Waals surface area contributed by atoms with Crippen LogP contribution < -0.4 is 4.90 Å². The number of hydrogen-bond acceptors (Lipinski definition) is 2. The van der Waals surface area contributed by atoms with Crippen molar-refractivity contribution in [2.45, 2.75) is 0 Å². The standard InChI is InChI=1S/C54H37NO/c1-5-16-38(17-6-1)40-28-32-45(33-29-40)55(52-26-15-25-48-47-24-13-14-27-53(47)56-54(48)52)51-35-31-44(37-50(51)42-22-11-4-12-23-42)49-36-43(39-18-7-2-8-19-39)30-34-46(49)41-20-9-3-10-21-41/h1-37H. The highest BCUT2D eigenvalue weighted by Gasteiger charge is 2.23. The summed E-state index contributed by atoms with van der Waals surface area (Å²) in [6.45, 7) is 0. The van der Waals surface area contributed by atoms with E-state index in [1.54, 1.807) is 0 Å². The van der Waals surface area contributed by atoms with Gasteiger partial charge in [-0.3, -0.25) is 0 Å². The Balaban J connectivity index is 1.22. The summed E-state index contributed by atoms with van der Waals surface area (Å²) in [6, 6.07) is 80.1. The van der Waals surface area contributed by atoms with Crippen molar-refractivity contribution in [3.8, 4) is 55.6 Å². The van der Waals surface area contributed by atoms with Gasteiger partial charge in [-0.2, -0.15) is 0 Å². The molecule has 10 aromatic rings. The van der Waals surface area contributed by atoms with Crippen LogP contribution in [0, 0.1) is 0 Å². The molecule has 56 heavy (non-hydrogen) atoms. The molecule has 2 nitrogen and oxygen atoms in total. The molecule has 0 N–H and O–H groups in total. The van der Waals surface area contributed by atoms with Crippen LogP contribution in [0.15, 0.2) is 229 Å². The third kappa shape index (κ3) is 6.14. The zero-order valence-electron chi connectivity index (χ0n) is 30.7. The molecule has 0 atom stereocenters. The fraction of sp³-hybridized carbons (Fsp3) is 0. The molecule has 2 heteroatoms. The van der Waals surface area contributed by atoms with Crippen molar-refractivity contribution in [3.05, 3.63) is 224 Å². The van der Waals surface area contributed by atoms with Crippen molar-refractivity contribution in [2.24, 2.45) is 0 Å². The molecule has 9 aromatic carbocycles. The number of hydrogen-bond donors (Lipinski definition) is 0. The van der Waals surface area contributed by atoms with Crippen LogP contribution in [-0.4, -0.2) is 0 Å². The van der Waals surface area contributed by atoms with Gasteiger partial charge in [0.15, 0.2) is 5.58 Å². The van der Waals surface area contributed by atoms with Crippen LogP contribution in [0.3, 0.4) is 0 Å². The minimum absolute atomic E-state index is 0.853. The van der Waals surface area contributed by atoms with Gasteiger partial charge in [-0.25, -0.2) is 0 Å². The Labute approximate surface area is 327 Å². The van der Waals surface area contributed by atoms with Gasteiger partial charge in [0.1, 0.15) is 5.58 Å². The van der Waals surface area contributed by atoms with Crippen LogP contribution >= 0.6 is 0 Å². The van der Waals surface area contributed by atoms with Gasteiger partial charge in [-0.15, -0.1) is 0 Å². The van der Waals surface area contributed by atoms with Crippen LogP contribution in [0.1, 0.15) is 0 Å². The van der Waals surface area contributed by atoms with E-state index >= 15 is 0 Å². The molecule has 264 valence electrons. The molecule has 1 heterocycles. The van der Waals surface area contributed by atoms with Crippen molar-refractivity contribution in [1.29, 1.82) is 0 Å². The second kappa shape index (κ2) is 14.4. The molecule has 0 spiro atoms. The van der Waals surface area contributed by atoms with E-state index in [-0.39, 0.29) is 0 Å². The molecule has 0 fully saturated rings. The molecule has 0 aliphatic carbocycles. The minimum atomic E-state index is 0.853. The van der Waals surface area contributed by atoms with Gasteiger partial charge < -0.3 is 9.32 Å². The number of nitrogens with zero attached hydrogens (tertiary/aromatic N) is 1. The lowest BCUT2D eigenvalue weighted by Gasteiger charge is -2.29. The first-order valence-corrected chi connectivity index (χ1v) is 19.1. The van der Waals surface area contributed by atoms with E-state index in [4.69, 9.17) is 4.42 Å². The second-order valence-corrected chi connectivity index (χ2v) is 14.1. The average molecular weight is 716 g/mol. The molecule has 0 aliphatic rings. The van der Waals surface area contributed by atoms with E-state index in [2.05, 4.69) is 223 Å². The Hall–Kier alpha value is -7.42. The first kappa shape index (κ1) is 33.2. The van der Waals surface area contributed by atoms with Gasteiger partial charge in [0.2, 0.25) is 0 Å².